The Balaban J connectivity index is 2.78. The maximum absolute atomic E-state index is 13.2. The molecule has 0 aromatic heterocycles. The molecule has 0 spiro atoms. The molecule has 0 saturated carbocycles. The van der Waals surface area contributed by atoms with Gasteiger partial charge in [0.2, 0.25) is 0 Å². The van der Waals surface area contributed by atoms with Crippen LogP contribution in [0.25, 0.3) is 0 Å². The predicted octanol–water partition coefficient (Wildman–Crippen LogP) is 2.54. The average molecular weight is 222 g/mol. The zero-order chi connectivity index (χ0) is 12.0. The third-order valence-electron chi connectivity index (χ3n) is 2.21. The van der Waals surface area contributed by atoms with Crippen molar-refractivity contribution in [1.29, 1.82) is 5.41 Å². The van der Waals surface area contributed by atoms with E-state index in [0.29, 0.717) is 17.7 Å². The van der Waals surface area contributed by atoms with E-state index in [2.05, 4.69) is 5.32 Å². The number of anilines is 1. The first kappa shape index (κ1) is 12.4. The Labute approximate surface area is 94.1 Å². The molecule has 0 aliphatic carbocycles. The summed E-state index contributed by atoms with van der Waals surface area (Å²) in [7, 11) is 0. The van der Waals surface area contributed by atoms with Crippen LogP contribution in [-0.4, -0.2) is 17.4 Å². The summed E-state index contributed by atoms with van der Waals surface area (Å²) in [5, 5.41) is 19.4. The van der Waals surface area contributed by atoms with Crippen molar-refractivity contribution < 1.29 is 9.50 Å². The van der Waals surface area contributed by atoms with Crippen LogP contribution in [0.3, 0.4) is 0 Å². The second-order valence-corrected chi connectivity index (χ2v) is 3.34. The fourth-order valence-corrected chi connectivity index (χ4v) is 1.21. The second-order valence-electron chi connectivity index (χ2n) is 3.34. The minimum atomic E-state index is -0.697. The Kier molecular flexibility index (Phi) is 4.66. The summed E-state index contributed by atoms with van der Waals surface area (Å²) in [6.45, 7) is 1.81. The van der Waals surface area contributed by atoms with Crippen molar-refractivity contribution in [2.45, 2.75) is 19.4 Å². The Morgan fingerprint density at radius 1 is 1.56 bits per heavy atom. The molecule has 1 aromatic carbocycles. The first-order chi connectivity index (χ1) is 7.69. The monoisotopic (exact) mass is 222 g/mol. The lowest BCUT2D eigenvalue weighted by atomic mass is 10.1. The third kappa shape index (κ3) is 3.17. The van der Waals surface area contributed by atoms with Crippen LogP contribution < -0.4 is 5.32 Å². The highest BCUT2D eigenvalue weighted by molar-refractivity contribution is 5.77. The number of halogens is 1. The molecule has 0 heterocycles. The molecule has 3 nitrogen and oxygen atoms in total. The quantitative estimate of drug-likeness (QED) is 0.670. The molecule has 1 aromatic rings. The topological polar surface area (TPSA) is 56.1 Å². The molecule has 0 aliphatic heterocycles. The lowest BCUT2D eigenvalue weighted by Gasteiger charge is -2.09. The first-order valence-corrected chi connectivity index (χ1v) is 5.08. The minimum absolute atomic E-state index is 0.324. The van der Waals surface area contributed by atoms with Crippen molar-refractivity contribution in [2.75, 3.05) is 5.32 Å². The highest BCUT2D eigenvalue weighted by Gasteiger charge is 2.05. The summed E-state index contributed by atoms with van der Waals surface area (Å²) in [5.41, 5.74) is 0.746. The van der Waals surface area contributed by atoms with Gasteiger partial charge in [-0.3, -0.25) is 0 Å². The molecule has 1 atom stereocenters. The fourth-order valence-electron chi connectivity index (χ4n) is 1.21. The number of aliphatic hydroxyl groups excluding tert-OH is 1. The molecule has 0 fully saturated rings. The van der Waals surface area contributed by atoms with Gasteiger partial charge >= 0.3 is 0 Å². The van der Waals surface area contributed by atoms with Crippen molar-refractivity contribution in [1.82, 2.24) is 0 Å². The van der Waals surface area contributed by atoms with E-state index in [9.17, 15) is 9.50 Å². The molecular formula is C12H15FN2O. The van der Waals surface area contributed by atoms with Gasteiger partial charge in [0, 0.05) is 18.0 Å². The summed E-state index contributed by atoms with van der Waals surface area (Å²) >= 11 is 0. The standard InChI is InChI=1S/C12H15FN2O/c1-2-12(16)9(7-14)8-15-11-6-4-3-5-10(11)13/h3-8,12,14-16H,2H2,1H3/b9-8+,14-7?. The van der Waals surface area contributed by atoms with E-state index in [1.54, 1.807) is 18.2 Å². The van der Waals surface area contributed by atoms with Gasteiger partial charge < -0.3 is 15.8 Å². The smallest absolute Gasteiger partial charge is 0.146 e. The van der Waals surface area contributed by atoms with Crippen LogP contribution in [-0.2, 0) is 0 Å². The van der Waals surface area contributed by atoms with E-state index < -0.39 is 6.10 Å². The molecule has 0 radical (unpaired) electrons. The van der Waals surface area contributed by atoms with Crippen molar-refractivity contribution in [3.05, 3.63) is 41.9 Å². The van der Waals surface area contributed by atoms with E-state index in [-0.39, 0.29) is 5.82 Å². The predicted molar refractivity (Wildman–Crippen MR) is 63.2 cm³/mol. The van der Waals surface area contributed by atoms with Gasteiger partial charge in [0.1, 0.15) is 5.82 Å². The van der Waals surface area contributed by atoms with Crippen LogP contribution >= 0.6 is 0 Å². The number of para-hydroxylation sites is 1. The molecule has 86 valence electrons. The second kappa shape index (κ2) is 6.02. The zero-order valence-corrected chi connectivity index (χ0v) is 9.07. The number of nitrogens with one attached hydrogen (secondary N) is 2. The molecule has 0 saturated heterocycles. The number of hydrogen-bond acceptors (Lipinski definition) is 3. The zero-order valence-electron chi connectivity index (χ0n) is 9.07. The van der Waals surface area contributed by atoms with Gasteiger partial charge in [0.15, 0.2) is 0 Å². The maximum atomic E-state index is 13.2. The summed E-state index contributed by atoms with van der Waals surface area (Å²) in [5.74, 6) is -0.367. The van der Waals surface area contributed by atoms with Crippen LogP contribution in [0.1, 0.15) is 13.3 Å². The van der Waals surface area contributed by atoms with Crippen molar-refractivity contribution in [3.63, 3.8) is 0 Å². The normalized spacial score (nSPS) is 13.3. The van der Waals surface area contributed by atoms with E-state index in [0.717, 1.165) is 6.21 Å². The van der Waals surface area contributed by atoms with Gasteiger partial charge in [-0.05, 0) is 18.6 Å². The van der Waals surface area contributed by atoms with Crippen molar-refractivity contribution >= 4 is 11.9 Å². The van der Waals surface area contributed by atoms with Gasteiger partial charge in [-0.1, -0.05) is 19.1 Å². The number of aliphatic hydroxyl groups is 1. The Morgan fingerprint density at radius 2 is 2.25 bits per heavy atom. The van der Waals surface area contributed by atoms with Crippen LogP contribution in [0, 0.1) is 11.2 Å². The fraction of sp³-hybridized carbons (Fsp3) is 0.250. The SMILES string of the molecule is CCC(O)/C(C=N)=C/Nc1ccccc1F. The summed E-state index contributed by atoms with van der Waals surface area (Å²) in [6, 6.07) is 6.24. The van der Waals surface area contributed by atoms with Gasteiger partial charge in [0.05, 0.1) is 11.8 Å². The van der Waals surface area contributed by atoms with Gasteiger partial charge in [0.25, 0.3) is 0 Å². The van der Waals surface area contributed by atoms with Gasteiger partial charge in [-0.25, -0.2) is 4.39 Å². The molecule has 1 rings (SSSR count). The molecule has 0 amide bonds. The number of benzene rings is 1. The summed E-state index contributed by atoms with van der Waals surface area (Å²) in [4.78, 5) is 0. The Bertz CT molecular complexity index is 390. The van der Waals surface area contributed by atoms with Crippen LogP contribution in [0.5, 0.6) is 0 Å². The largest absolute Gasteiger partial charge is 0.388 e. The molecule has 4 heteroatoms. The van der Waals surface area contributed by atoms with Gasteiger partial charge in [-0.15, -0.1) is 0 Å². The number of rotatable bonds is 5. The van der Waals surface area contributed by atoms with E-state index in [1.807, 2.05) is 6.92 Å². The van der Waals surface area contributed by atoms with Crippen LogP contribution in [0.2, 0.25) is 0 Å². The summed E-state index contributed by atoms with van der Waals surface area (Å²) < 4.78 is 13.2. The van der Waals surface area contributed by atoms with E-state index in [1.165, 1.54) is 12.3 Å². The highest BCUT2D eigenvalue weighted by Crippen LogP contribution is 2.13. The lowest BCUT2D eigenvalue weighted by Crippen LogP contribution is -2.11. The summed E-state index contributed by atoms with van der Waals surface area (Å²) in [6.07, 6.45) is 2.32. The van der Waals surface area contributed by atoms with Crippen LogP contribution in [0.15, 0.2) is 36.0 Å². The molecular weight excluding hydrogens is 207 g/mol. The average Bonchev–Trinajstić information content (AvgIpc) is 2.31. The molecule has 0 bridgehead atoms. The van der Waals surface area contributed by atoms with Crippen molar-refractivity contribution in [2.24, 2.45) is 0 Å². The molecule has 0 aliphatic rings. The Hall–Kier alpha value is -1.68. The molecule has 3 N–H and O–H groups in total. The van der Waals surface area contributed by atoms with E-state index in [4.69, 9.17) is 5.41 Å². The maximum Gasteiger partial charge on any atom is 0.146 e. The lowest BCUT2D eigenvalue weighted by molar-refractivity contribution is 0.213. The van der Waals surface area contributed by atoms with Crippen molar-refractivity contribution in [3.8, 4) is 0 Å². The third-order valence-corrected chi connectivity index (χ3v) is 2.21. The molecule has 1 unspecified atom stereocenters. The Morgan fingerprint density at radius 3 is 2.81 bits per heavy atom. The highest BCUT2D eigenvalue weighted by atomic mass is 19.1. The van der Waals surface area contributed by atoms with Gasteiger partial charge in [-0.2, -0.15) is 0 Å². The molecule has 16 heavy (non-hydrogen) atoms. The first-order valence-electron chi connectivity index (χ1n) is 5.08. The van der Waals surface area contributed by atoms with E-state index >= 15 is 0 Å². The minimum Gasteiger partial charge on any atom is -0.388 e. The number of hydrogen-bond donors (Lipinski definition) is 3. The van der Waals surface area contributed by atoms with Crippen LogP contribution in [0.4, 0.5) is 10.1 Å².